The number of carbonyl (C=O) groups is 1. The van der Waals surface area contributed by atoms with Crippen molar-refractivity contribution >= 4 is 46.0 Å². The van der Waals surface area contributed by atoms with Gasteiger partial charge in [0.1, 0.15) is 0 Å². The van der Waals surface area contributed by atoms with Crippen LogP contribution in [0, 0.1) is 0 Å². The van der Waals surface area contributed by atoms with Crippen molar-refractivity contribution in [3.8, 4) is 11.5 Å². The molecule has 1 amide bonds. The highest BCUT2D eigenvalue weighted by atomic mass is 32.2. The fourth-order valence-corrected chi connectivity index (χ4v) is 4.12. The predicted molar refractivity (Wildman–Crippen MR) is 115 cm³/mol. The molecule has 0 aromatic heterocycles. The third-order valence-electron chi connectivity index (χ3n) is 4.31. The first-order valence-corrected chi connectivity index (χ1v) is 10.00. The summed E-state index contributed by atoms with van der Waals surface area (Å²) in [6.45, 7) is 2.17. The summed E-state index contributed by atoms with van der Waals surface area (Å²) in [6.07, 6.45) is 5.11. The Morgan fingerprint density at radius 3 is 2.63 bits per heavy atom. The molecular weight excluding hydrogens is 378 g/mol. The molecule has 0 aliphatic carbocycles. The summed E-state index contributed by atoms with van der Waals surface area (Å²) >= 11 is 6.70. The summed E-state index contributed by atoms with van der Waals surface area (Å²) < 4.78 is 5.63. The van der Waals surface area contributed by atoms with E-state index in [9.17, 15) is 9.90 Å². The molecule has 0 saturated carbocycles. The number of aryl methyl sites for hydroxylation is 1. The smallest absolute Gasteiger partial charge is 0.270 e. The largest absolute Gasteiger partial charge is 0.504 e. The number of amides is 1. The second kappa shape index (κ2) is 8.59. The van der Waals surface area contributed by atoms with Gasteiger partial charge in [0.25, 0.3) is 5.91 Å². The van der Waals surface area contributed by atoms with Gasteiger partial charge in [0.2, 0.25) is 0 Å². The summed E-state index contributed by atoms with van der Waals surface area (Å²) in [5, 5.41) is 9.71. The Kier molecular flexibility index (Phi) is 6.19. The number of phenolic OH excluding ortho intramolecular Hbond substituents is 1. The summed E-state index contributed by atoms with van der Waals surface area (Å²) in [5.74, 6) is 0.283. The Labute approximate surface area is 168 Å². The van der Waals surface area contributed by atoms with Crippen LogP contribution in [0.5, 0.6) is 11.5 Å². The molecule has 1 N–H and O–H groups in total. The van der Waals surface area contributed by atoms with Gasteiger partial charge in [0.05, 0.1) is 17.7 Å². The number of ether oxygens (including phenoxy) is 1. The van der Waals surface area contributed by atoms with Crippen LogP contribution in [0.4, 0.5) is 5.69 Å². The number of aromatic hydroxyl groups is 1. The lowest BCUT2D eigenvalue weighted by molar-refractivity contribution is -0.113. The summed E-state index contributed by atoms with van der Waals surface area (Å²) in [5.41, 5.74) is 2.81. The molecule has 6 heteroatoms. The van der Waals surface area contributed by atoms with Crippen molar-refractivity contribution in [2.45, 2.75) is 26.2 Å². The fourth-order valence-electron chi connectivity index (χ4n) is 2.82. The summed E-state index contributed by atoms with van der Waals surface area (Å²) in [7, 11) is 1.49. The average molecular weight is 400 g/mol. The number of hydrogen-bond acceptors (Lipinski definition) is 5. The molecule has 0 unspecified atom stereocenters. The molecule has 2 aromatic carbocycles. The summed E-state index contributed by atoms with van der Waals surface area (Å²) in [6, 6.07) is 13.0. The van der Waals surface area contributed by atoms with Crippen LogP contribution in [-0.4, -0.2) is 22.4 Å². The second-order valence-electron chi connectivity index (χ2n) is 6.22. The lowest BCUT2D eigenvalue weighted by Crippen LogP contribution is -2.27. The van der Waals surface area contributed by atoms with Crippen LogP contribution in [0.3, 0.4) is 0 Å². The first-order valence-electron chi connectivity index (χ1n) is 8.77. The first-order chi connectivity index (χ1) is 13.0. The molecule has 140 valence electrons. The van der Waals surface area contributed by atoms with Crippen molar-refractivity contribution in [2.75, 3.05) is 12.0 Å². The van der Waals surface area contributed by atoms with E-state index in [1.165, 1.54) is 24.4 Å². The van der Waals surface area contributed by atoms with Gasteiger partial charge in [-0.15, -0.1) is 0 Å². The Hall–Kier alpha value is -2.31. The standard InChI is InChI=1S/C21H21NO3S2/c1-3-4-5-14-6-9-16(10-7-14)22-20(24)19(27-21(22)26)13-15-8-11-17(23)18(12-15)25-2/h6-13,23H,3-5H2,1-2H3. The highest BCUT2D eigenvalue weighted by Crippen LogP contribution is 2.37. The Morgan fingerprint density at radius 2 is 1.96 bits per heavy atom. The number of carbonyl (C=O) groups excluding carboxylic acids is 1. The van der Waals surface area contributed by atoms with Crippen molar-refractivity contribution in [2.24, 2.45) is 0 Å². The van der Waals surface area contributed by atoms with E-state index in [1.807, 2.05) is 12.1 Å². The minimum absolute atomic E-state index is 0.0605. The van der Waals surface area contributed by atoms with Gasteiger partial charge < -0.3 is 9.84 Å². The number of rotatable bonds is 6. The van der Waals surface area contributed by atoms with Crippen LogP contribution in [0.15, 0.2) is 47.4 Å². The van der Waals surface area contributed by atoms with E-state index in [2.05, 4.69) is 19.1 Å². The van der Waals surface area contributed by atoms with E-state index < -0.39 is 0 Å². The Bertz CT molecular complexity index is 891. The van der Waals surface area contributed by atoms with Crippen LogP contribution in [0.25, 0.3) is 6.08 Å². The lowest BCUT2D eigenvalue weighted by atomic mass is 10.1. The number of unbranched alkanes of at least 4 members (excludes halogenated alkanes) is 1. The van der Waals surface area contributed by atoms with Gasteiger partial charge in [-0.2, -0.15) is 0 Å². The number of anilines is 1. The highest BCUT2D eigenvalue weighted by Gasteiger charge is 2.33. The van der Waals surface area contributed by atoms with Crippen molar-refractivity contribution in [3.63, 3.8) is 0 Å². The van der Waals surface area contributed by atoms with Crippen LogP contribution in [-0.2, 0) is 11.2 Å². The number of nitrogens with zero attached hydrogens (tertiary/aromatic N) is 1. The molecule has 27 heavy (non-hydrogen) atoms. The number of thiocarbonyl (C=S) groups is 1. The lowest BCUT2D eigenvalue weighted by Gasteiger charge is -2.15. The molecule has 1 heterocycles. The van der Waals surface area contributed by atoms with Gasteiger partial charge in [-0.25, -0.2) is 0 Å². The van der Waals surface area contributed by atoms with Gasteiger partial charge in [0.15, 0.2) is 15.8 Å². The third kappa shape index (κ3) is 4.34. The van der Waals surface area contributed by atoms with Crippen LogP contribution < -0.4 is 9.64 Å². The molecule has 0 bridgehead atoms. The Balaban J connectivity index is 1.82. The second-order valence-corrected chi connectivity index (χ2v) is 7.89. The number of methoxy groups -OCH3 is 1. The number of hydrogen-bond donors (Lipinski definition) is 1. The van der Waals surface area contributed by atoms with Gasteiger partial charge in [-0.05, 0) is 54.3 Å². The molecule has 1 aliphatic rings. The van der Waals surface area contributed by atoms with Crippen molar-refractivity contribution < 1.29 is 14.6 Å². The molecule has 1 fully saturated rings. The number of benzene rings is 2. The van der Waals surface area contributed by atoms with Crippen molar-refractivity contribution in [1.82, 2.24) is 0 Å². The molecule has 1 saturated heterocycles. The molecule has 0 spiro atoms. The molecule has 3 rings (SSSR count). The summed E-state index contributed by atoms with van der Waals surface area (Å²) in [4.78, 5) is 15.0. The quantitative estimate of drug-likeness (QED) is 0.538. The average Bonchev–Trinajstić information content (AvgIpc) is 2.95. The maximum atomic E-state index is 12.9. The molecule has 4 nitrogen and oxygen atoms in total. The Morgan fingerprint density at radius 1 is 1.22 bits per heavy atom. The van der Waals surface area contributed by atoms with E-state index >= 15 is 0 Å². The normalized spacial score (nSPS) is 15.6. The SMILES string of the molecule is CCCCc1ccc(N2C(=O)C(=Cc3ccc(O)c(OC)c3)SC2=S)cc1. The molecule has 0 radical (unpaired) electrons. The minimum atomic E-state index is -0.140. The van der Waals surface area contributed by atoms with Crippen LogP contribution in [0.1, 0.15) is 30.9 Å². The molecule has 2 aromatic rings. The molecule has 0 atom stereocenters. The maximum absolute atomic E-state index is 12.9. The van der Waals surface area contributed by atoms with Crippen molar-refractivity contribution in [3.05, 3.63) is 58.5 Å². The van der Waals surface area contributed by atoms with E-state index in [-0.39, 0.29) is 11.7 Å². The van der Waals surface area contributed by atoms with Crippen LogP contribution >= 0.6 is 24.0 Å². The predicted octanol–water partition coefficient (Wildman–Crippen LogP) is 5.15. The number of phenols is 1. The van der Waals surface area contributed by atoms with Gasteiger partial charge >= 0.3 is 0 Å². The molecular formula is C21H21NO3S2. The van der Waals surface area contributed by atoms with Crippen LogP contribution in [0.2, 0.25) is 0 Å². The van der Waals surface area contributed by atoms with E-state index in [0.717, 1.165) is 30.5 Å². The fraction of sp³-hybridized carbons (Fsp3) is 0.238. The van der Waals surface area contributed by atoms with E-state index in [4.69, 9.17) is 17.0 Å². The highest BCUT2D eigenvalue weighted by molar-refractivity contribution is 8.27. The monoisotopic (exact) mass is 399 g/mol. The van der Waals surface area contributed by atoms with E-state index in [1.54, 1.807) is 29.2 Å². The number of thioether (sulfide) groups is 1. The first kappa shape index (κ1) is 19.5. The zero-order valence-corrected chi connectivity index (χ0v) is 16.9. The van der Waals surface area contributed by atoms with Gasteiger partial charge in [-0.3, -0.25) is 9.69 Å². The zero-order chi connectivity index (χ0) is 19.4. The van der Waals surface area contributed by atoms with Crippen molar-refractivity contribution in [1.29, 1.82) is 0 Å². The van der Waals surface area contributed by atoms with E-state index in [0.29, 0.717) is 15.0 Å². The zero-order valence-electron chi connectivity index (χ0n) is 15.3. The maximum Gasteiger partial charge on any atom is 0.270 e. The third-order valence-corrected chi connectivity index (χ3v) is 5.61. The van der Waals surface area contributed by atoms with Gasteiger partial charge in [-0.1, -0.05) is 55.5 Å². The minimum Gasteiger partial charge on any atom is -0.504 e. The van der Waals surface area contributed by atoms with Gasteiger partial charge in [0, 0.05) is 0 Å². The molecule has 1 aliphatic heterocycles. The topological polar surface area (TPSA) is 49.8 Å².